The van der Waals surface area contributed by atoms with Crippen molar-refractivity contribution < 1.29 is 88.5 Å². The van der Waals surface area contributed by atoms with Crippen molar-refractivity contribution in [3.63, 3.8) is 0 Å². The van der Waals surface area contributed by atoms with Gasteiger partial charge in [-0.15, -0.1) is 0 Å². The molecule has 20 atom stereocenters. The van der Waals surface area contributed by atoms with Gasteiger partial charge in [0, 0.05) is 40.3 Å². The first kappa shape index (κ1) is 45.0. The Bertz CT molecular complexity index is 1770. The quantitative estimate of drug-likeness (QED) is 0.166. The lowest BCUT2D eigenvalue weighted by molar-refractivity contribution is -0.303. The van der Waals surface area contributed by atoms with Crippen LogP contribution in [0.25, 0.3) is 0 Å². The minimum Gasteiger partial charge on any atom is -0.511 e. The van der Waals surface area contributed by atoms with Gasteiger partial charge in [0.1, 0.15) is 33.9 Å². The zero-order chi connectivity index (χ0) is 44.8. The number of hydrogen-bond acceptors (Lipinski definition) is 18. The number of methoxy groups -OCH3 is 2. The molecule has 0 amide bonds. The average Bonchev–Trinajstić information content (AvgIpc) is 3.72. The molecular formula is C42H60O18. The molecule has 12 rings (SSSR count). The number of ketones is 2. The largest absolute Gasteiger partial charge is 0.511 e. The van der Waals surface area contributed by atoms with E-state index < -0.39 is 129 Å². The van der Waals surface area contributed by atoms with Gasteiger partial charge in [-0.25, -0.2) is 9.59 Å². The molecule has 0 aromatic carbocycles. The van der Waals surface area contributed by atoms with Gasteiger partial charge in [0.25, 0.3) is 0 Å². The van der Waals surface area contributed by atoms with E-state index in [4.69, 9.17) is 38.6 Å². The molecule has 60 heavy (non-hydrogen) atoms. The normalized spacial score (nSPS) is 55.9. The first-order chi connectivity index (χ1) is 28.1. The van der Waals surface area contributed by atoms with Crippen LogP contribution in [0.3, 0.4) is 0 Å². The van der Waals surface area contributed by atoms with Gasteiger partial charge in [0.15, 0.2) is 34.0 Å². The zero-order valence-corrected chi connectivity index (χ0v) is 35.6. The summed E-state index contributed by atoms with van der Waals surface area (Å²) < 4.78 is 35.9. The van der Waals surface area contributed by atoms with E-state index in [0.29, 0.717) is 12.8 Å². The van der Waals surface area contributed by atoms with Gasteiger partial charge in [0.2, 0.25) is 0 Å². The number of hydrogen-bond donors (Lipinski definition) is 8. The summed E-state index contributed by atoms with van der Waals surface area (Å²) in [4.78, 5) is 53.2. The van der Waals surface area contributed by atoms with Crippen LogP contribution in [-0.4, -0.2) is 163 Å². The molecule has 4 spiro atoms. The number of fused-ring (bicyclic) bond motifs is 2. The van der Waals surface area contributed by atoms with Crippen molar-refractivity contribution in [3.8, 4) is 0 Å². The van der Waals surface area contributed by atoms with Crippen molar-refractivity contribution in [1.82, 2.24) is 0 Å². The molecule has 0 aromatic rings. The van der Waals surface area contributed by atoms with E-state index in [1.165, 1.54) is 28.1 Å². The highest BCUT2D eigenvalue weighted by molar-refractivity contribution is 6.02. The monoisotopic (exact) mass is 852 g/mol. The minimum atomic E-state index is -1.75. The molecule has 0 unspecified atom stereocenters. The number of Topliss-reactive ketones (excluding diaryl/α,β-unsaturated/α-hetero) is 2. The van der Waals surface area contributed by atoms with E-state index in [2.05, 4.69) is 0 Å². The number of aliphatic hydroxyl groups is 8. The molecule has 4 saturated carbocycles. The average molecular weight is 853 g/mol. The van der Waals surface area contributed by atoms with Gasteiger partial charge in [-0.05, 0) is 51.4 Å². The summed E-state index contributed by atoms with van der Waals surface area (Å²) in [6.45, 7) is 9.94. The summed E-state index contributed by atoms with van der Waals surface area (Å²) in [5.41, 5.74) is -9.33. The second kappa shape index (κ2) is 14.2. The summed E-state index contributed by atoms with van der Waals surface area (Å²) in [5, 5.41) is 80.0. The molecule has 0 radical (unpaired) electrons. The number of esters is 2. The Morgan fingerprint density at radius 3 is 1.20 bits per heavy atom. The molecule has 6 saturated heterocycles. The Labute approximate surface area is 347 Å². The molecule has 12 aliphatic rings. The highest BCUT2D eigenvalue weighted by Gasteiger charge is 2.89. The first-order valence-electron chi connectivity index (χ1n) is 20.6. The number of allylic oxidation sites excluding steroid dienone is 2. The van der Waals surface area contributed by atoms with Gasteiger partial charge >= 0.3 is 11.9 Å². The topological polar surface area (TPSA) is 285 Å². The lowest BCUT2D eigenvalue weighted by Crippen LogP contribution is -2.72. The van der Waals surface area contributed by atoms with E-state index in [9.17, 15) is 49.8 Å². The van der Waals surface area contributed by atoms with E-state index in [-0.39, 0.29) is 47.3 Å². The van der Waals surface area contributed by atoms with Crippen LogP contribution in [-0.2, 0) is 47.6 Å². The van der Waals surface area contributed by atoms with Crippen molar-refractivity contribution in [2.24, 2.45) is 47.3 Å². The lowest BCUT2D eigenvalue weighted by atomic mass is 9.59. The highest BCUT2D eigenvalue weighted by Crippen LogP contribution is 2.73. The molecule has 0 aromatic heterocycles. The Hall–Kier alpha value is -3.04. The second-order valence-electron chi connectivity index (χ2n) is 19.0. The summed E-state index contributed by atoms with van der Waals surface area (Å²) in [6, 6.07) is 0. The van der Waals surface area contributed by atoms with Crippen LogP contribution in [0.5, 0.6) is 0 Å². The van der Waals surface area contributed by atoms with Crippen molar-refractivity contribution in [1.29, 1.82) is 0 Å². The van der Waals surface area contributed by atoms with E-state index in [1.54, 1.807) is 13.8 Å². The molecule has 6 aliphatic heterocycles. The molecule has 10 fully saturated rings. The van der Waals surface area contributed by atoms with Crippen LogP contribution in [0.2, 0.25) is 0 Å². The highest BCUT2D eigenvalue weighted by atomic mass is 16.6. The second-order valence-corrected chi connectivity index (χ2v) is 19.0. The van der Waals surface area contributed by atoms with Crippen LogP contribution >= 0.6 is 0 Å². The van der Waals surface area contributed by atoms with E-state index >= 15 is 0 Å². The molecule has 18 heteroatoms. The summed E-state index contributed by atoms with van der Waals surface area (Å²) >= 11 is 0. The van der Waals surface area contributed by atoms with Gasteiger partial charge in [-0.3, -0.25) is 9.59 Å². The van der Waals surface area contributed by atoms with Crippen molar-refractivity contribution in [2.75, 3.05) is 28.4 Å². The fourth-order valence-electron chi connectivity index (χ4n) is 13.9. The smallest absolute Gasteiger partial charge is 0.341 e. The minimum absolute atomic E-state index is 0.0396. The molecule has 8 N–H and O–H groups in total. The van der Waals surface area contributed by atoms with Crippen LogP contribution in [0.15, 0.2) is 22.7 Å². The van der Waals surface area contributed by atoms with Crippen LogP contribution in [0.1, 0.15) is 67.2 Å². The first-order valence-corrected chi connectivity index (χ1v) is 20.6. The third kappa shape index (κ3) is 5.00. The van der Waals surface area contributed by atoms with Crippen molar-refractivity contribution >= 4 is 23.5 Å². The zero-order valence-electron chi connectivity index (χ0n) is 35.6. The number of aliphatic hydroxyl groups excluding tert-OH is 6. The van der Waals surface area contributed by atoms with E-state index in [1.807, 2.05) is 13.8 Å². The summed E-state index contributed by atoms with van der Waals surface area (Å²) in [6.07, 6.45) is -4.15. The SMILES string of the molecule is CO.CO.CO[C@@H]1[C@@H]2[C@@H](O)[C@@H]3O[C@]45/C(=C(/O)[C@H](C)C[C@@](C)(O)C(=O)[C@@H]14)C(=O)O[C@]25C[C@H]3C.CO[C@@H]1[C@@H]2[C@@H](O)[C@@H]3O[C@]45/C(=C(/O)[C@H](C)C[C@@](C)(O)C(=O)[C@@H]14)C(=O)O[C@]25C[C@H]3C. The van der Waals surface area contributed by atoms with Crippen molar-refractivity contribution in [3.05, 3.63) is 22.7 Å². The number of ether oxygens (including phenoxy) is 6. The number of carbonyl (C=O) groups excluding carboxylic acids is 4. The standard InChI is InChI=1S/2C20H26O8.2CH4O/c2*1-7-5-18(3,25)16(23)11-15(26-4)9-13(22)14-8(2)6-19(9)20(11,27-14)10(12(7)21)17(24)28-19;2*1-2/h2*7-9,11,13-15,21-22,25H,5-6H2,1-4H3;2*2H,1H3/b2*12-10+;;/t2*7-,8-,9+,11-,13-,14-,15-,18-,19-,20-;;/m11../s1. The maximum Gasteiger partial charge on any atom is 0.341 e. The molecule has 8 bridgehead atoms. The molecular weight excluding hydrogens is 792 g/mol. The molecule has 6 heterocycles. The van der Waals surface area contributed by atoms with Crippen molar-refractivity contribution in [2.45, 2.75) is 137 Å². The van der Waals surface area contributed by atoms with E-state index in [0.717, 1.165) is 14.2 Å². The molecule has 6 aliphatic carbocycles. The third-order valence-corrected chi connectivity index (χ3v) is 15.7. The molecule has 18 nitrogen and oxygen atoms in total. The lowest BCUT2D eigenvalue weighted by Gasteiger charge is -2.58. The summed E-state index contributed by atoms with van der Waals surface area (Å²) in [5.74, 6) is -7.89. The predicted octanol–water partition coefficient (Wildman–Crippen LogP) is -0.276. The Kier molecular flexibility index (Phi) is 10.7. The number of carbonyl (C=O) groups is 4. The summed E-state index contributed by atoms with van der Waals surface area (Å²) in [7, 11) is 4.87. The van der Waals surface area contributed by atoms with Crippen LogP contribution < -0.4 is 0 Å². The number of rotatable bonds is 2. The predicted molar refractivity (Wildman–Crippen MR) is 202 cm³/mol. The Balaban J connectivity index is 0.000000168. The van der Waals surface area contributed by atoms with Crippen LogP contribution in [0.4, 0.5) is 0 Å². The fraction of sp³-hybridized carbons (Fsp3) is 0.810. The van der Waals surface area contributed by atoms with Gasteiger partial charge in [-0.1, -0.05) is 27.7 Å². The Morgan fingerprint density at radius 2 is 0.900 bits per heavy atom. The van der Waals surface area contributed by atoms with Gasteiger partial charge < -0.3 is 69.3 Å². The maximum atomic E-state index is 13.6. The van der Waals surface area contributed by atoms with Gasteiger partial charge in [0.05, 0.1) is 60.3 Å². The maximum absolute atomic E-state index is 13.6. The third-order valence-electron chi connectivity index (χ3n) is 15.7. The Morgan fingerprint density at radius 1 is 0.583 bits per heavy atom. The van der Waals surface area contributed by atoms with Gasteiger partial charge in [-0.2, -0.15) is 0 Å². The fourth-order valence-corrected chi connectivity index (χ4v) is 13.9. The molecule has 336 valence electrons. The van der Waals surface area contributed by atoms with Crippen LogP contribution in [0, 0.1) is 47.3 Å².